The summed E-state index contributed by atoms with van der Waals surface area (Å²) in [5.74, 6) is -1.24. The van der Waals surface area contributed by atoms with Crippen LogP contribution in [0.1, 0.15) is 10.4 Å². The average Bonchev–Trinajstić information content (AvgIpc) is 2.19. The van der Waals surface area contributed by atoms with Crippen LogP contribution in [0.15, 0.2) is 16.9 Å². The molecular weight excluding hydrogens is 255 g/mol. The minimum Gasteiger partial charge on any atom is -0.274 e. The van der Waals surface area contributed by atoms with Gasteiger partial charge in [-0.1, -0.05) is 0 Å². The Morgan fingerprint density at radius 2 is 2.36 bits per heavy atom. The van der Waals surface area contributed by atoms with Crippen LogP contribution in [-0.2, 0) is 4.84 Å². The number of aromatic nitrogens is 1. The summed E-state index contributed by atoms with van der Waals surface area (Å²) in [4.78, 5) is 19.7. The topological polar surface area (TPSA) is 42.4 Å². The number of nitrogens with zero attached hydrogens (tertiary/aromatic N) is 2. The molecule has 0 saturated heterocycles. The molecule has 6 heteroatoms. The van der Waals surface area contributed by atoms with Crippen molar-refractivity contribution in [3.05, 3.63) is 28.2 Å². The number of amides is 1. The van der Waals surface area contributed by atoms with E-state index in [1.54, 1.807) is 0 Å². The Kier molecular flexibility index (Phi) is 3.54. The third kappa shape index (κ3) is 2.27. The van der Waals surface area contributed by atoms with E-state index in [4.69, 9.17) is 0 Å². The number of hydroxylamine groups is 2. The summed E-state index contributed by atoms with van der Waals surface area (Å²) in [5.41, 5.74) is -0.0868. The highest BCUT2D eigenvalue weighted by Gasteiger charge is 2.16. The first-order chi connectivity index (χ1) is 6.56. The van der Waals surface area contributed by atoms with E-state index >= 15 is 0 Å². The minimum atomic E-state index is -0.679. The third-order valence-corrected chi connectivity index (χ3v) is 2.05. The quantitative estimate of drug-likeness (QED) is 0.601. The molecule has 0 aromatic carbocycles. The molecule has 1 aromatic heterocycles. The summed E-state index contributed by atoms with van der Waals surface area (Å²) < 4.78 is 13.5. The number of carbonyl (C=O) groups excluding carboxylic acids is 1. The fraction of sp³-hybridized carbons (Fsp3) is 0.250. The molecule has 0 aliphatic rings. The Morgan fingerprint density at radius 1 is 1.71 bits per heavy atom. The lowest BCUT2D eigenvalue weighted by Gasteiger charge is -2.13. The molecule has 0 saturated carbocycles. The van der Waals surface area contributed by atoms with Crippen molar-refractivity contribution < 1.29 is 14.0 Å². The molecule has 0 fully saturated rings. The van der Waals surface area contributed by atoms with Crippen LogP contribution in [-0.4, -0.2) is 30.1 Å². The molecule has 1 heterocycles. The van der Waals surface area contributed by atoms with Gasteiger partial charge in [0.2, 0.25) is 0 Å². The lowest BCUT2D eigenvalue weighted by Crippen LogP contribution is -2.26. The van der Waals surface area contributed by atoms with Gasteiger partial charge in [-0.25, -0.2) is 14.4 Å². The van der Waals surface area contributed by atoms with Crippen molar-refractivity contribution >= 4 is 21.8 Å². The standard InChI is InChI=1S/C8H8BrFN2O2/c1-12(14-2)8(13)5-3-7(9)11-4-6(5)10/h3-4H,1-2H3. The van der Waals surface area contributed by atoms with Crippen LogP contribution in [0.25, 0.3) is 0 Å². The summed E-state index contributed by atoms with van der Waals surface area (Å²) in [6, 6.07) is 1.30. The van der Waals surface area contributed by atoms with Crippen LogP contribution in [0.3, 0.4) is 0 Å². The fourth-order valence-electron chi connectivity index (χ4n) is 0.830. The van der Waals surface area contributed by atoms with Crippen LogP contribution in [0, 0.1) is 5.82 Å². The molecule has 0 aliphatic heterocycles. The predicted octanol–water partition coefficient (Wildman–Crippen LogP) is 1.62. The predicted molar refractivity (Wildman–Crippen MR) is 51.0 cm³/mol. The van der Waals surface area contributed by atoms with Crippen LogP contribution in [0.5, 0.6) is 0 Å². The SMILES string of the molecule is CON(C)C(=O)c1cc(Br)ncc1F. The van der Waals surface area contributed by atoms with Crippen molar-refractivity contribution in [2.45, 2.75) is 0 Å². The van der Waals surface area contributed by atoms with Crippen molar-refractivity contribution in [3.8, 4) is 0 Å². The third-order valence-electron chi connectivity index (χ3n) is 1.61. The van der Waals surface area contributed by atoms with E-state index in [0.717, 1.165) is 11.3 Å². The van der Waals surface area contributed by atoms with Crippen LogP contribution in [0.2, 0.25) is 0 Å². The monoisotopic (exact) mass is 262 g/mol. The van der Waals surface area contributed by atoms with E-state index in [2.05, 4.69) is 25.8 Å². The van der Waals surface area contributed by atoms with E-state index in [0.29, 0.717) is 4.60 Å². The smallest absolute Gasteiger partial charge is 0.274 e. The first-order valence-corrected chi connectivity index (χ1v) is 4.48. The Hall–Kier alpha value is -1.01. The van der Waals surface area contributed by atoms with E-state index < -0.39 is 11.7 Å². The van der Waals surface area contributed by atoms with Crippen LogP contribution < -0.4 is 0 Å². The molecule has 0 aliphatic carbocycles. The minimum absolute atomic E-state index is 0.0868. The number of hydrogen-bond acceptors (Lipinski definition) is 3. The number of halogens is 2. The normalized spacial score (nSPS) is 10.0. The average molecular weight is 263 g/mol. The van der Waals surface area contributed by atoms with Crippen molar-refractivity contribution in [1.29, 1.82) is 0 Å². The van der Waals surface area contributed by atoms with Gasteiger partial charge >= 0.3 is 0 Å². The number of hydrogen-bond donors (Lipinski definition) is 0. The summed E-state index contributed by atoms with van der Waals surface area (Å²) in [7, 11) is 2.72. The van der Waals surface area contributed by atoms with Crippen molar-refractivity contribution in [2.24, 2.45) is 0 Å². The van der Waals surface area contributed by atoms with Gasteiger partial charge < -0.3 is 0 Å². The van der Waals surface area contributed by atoms with Gasteiger partial charge in [0.05, 0.1) is 18.9 Å². The Bertz CT molecular complexity index is 359. The van der Waals surface area contributed by atoms with Gasteiger partial charge in [0.25, 0.3) is 5.91 Å². The highest BCUT2D eigenvalue weighted by molar-refractivity contribution is 9.10. The van der Waals surface area contributed by atoms with Gasteiger partial charge in [-0.2, -0.15) is 0 Å². The Labute approximate surface area is 88.8 Å². The van der Waals surface area contributed by atoms with E-state index in [1.807, 2.05) is 0 Å². The van der Waals surface area contributed by atoms with E-state index in [-0.39, 0.29) is 5.56 Å². The molecular formula is C8H8BrFN2O2. The highest BCUT2D eigenvalue weighted by Crippen LogP contribution is 2.13. The molecule has 0 N–H and O–H groups in total. The zero-order valence-corrected chi connectivity index (χ0v) is 9.21. The molecule has 0 atom stereocenters. The second-order valence-electron chi connectivity index (χ2n) is 2.47. The molecule has 4 nitrogen and oxygen atoms in total. The summed E-state index contributed by atoms with van der Waals surface area (Å²) in [6.07, 6.45) is 0.973. The highest BCUT2D eigenvalue weighted by atomic mass is 79.9. The second-order valence-corrected chi connectivity index (χ2v) is 3.28. The molecule has 76 valence electrons. The maximum Gasteiger partial charge on any atom is 0.280 e. The Morgan fingerprint density at radius 3 is 2.93 bits per heavy atom. The lowest BCUT2D eigenvalue weighted by atomic mass is 10.2. The zero-order chi connectivity index (χ0) is 10.7. The molecule has 0 bridgehead atoms. The van der Waals surface area contributed by atoms with E-state index in [1.165, 1.54) is 20.2 Å². The van der Waals surface area contributed by atoms with Gasteiger partial charge in [0, 0.05) is 7.05 Å². The number of rotatable bonds is 2. The number of pyridine rings is 1. The maximum absolute atomic E-state index is 13.1. The second kappa shape index (κ2) is 4.47. The molecule has 0 radical (unpaired) electrons. The largest absolute Gasteiger partial charge is 0.280 e. The van der Waals surface area contributed by atoms with Crippen molar-refractivity contribution in [3.63, 3.8) is 0 Å². The summed E-state index contributed by atoms with van der Waals surface area (Å²) >= 11 is 3.05. The first kappa shape index (κ1) is 11.1. The molecule has 1 rings (SSSR count). The van der Waals surface area contributed by atoms with Gasteiger partial charge in [-0.05, 0) is 22.0 Å². The molecule has 0 unspecified atom stereocenters. The van der Waals surface area contributed by atoms with Gasteiger partial charge in [0.15, 0.2) is 5.82 Å². The number of carbonyl (C=O) groups is 1. The molecule has 1 amide bonds. The Balaban J connectivity index is 3.06. The zero-order valence-electron chi connectivity index (χ0n) is 7.62. The lowest BCUT2D eigenvalue weighted by molar-refractivity contribution is -0.0759. The van der Waals surface area contributed by atoms with Crippen molar-refractivity contribution in [2.75, 3.05) is 14.2 Å². The van der Waals surface area contributed by atoms with Crippen LogP contribution in [0.4, 0.5) is 4.39 Å². The molecule has 0 spiro atoms. The van der Waals surface area contributed by atoms with E-state index in [9.17, 15) is 9.18 Å². The summed E-state index contributed by atoms with van der Waals surface area (Å²) in [5, 5.41) is 0.935. The van der Waals surface area contributed by atoms with Crippen molar-refractivity contribution in [1.82, 2.24) is 10.0 Å². The molecule has 1 aromatic rings. The first-order valence-electron chi connectivity index (χ1n) is 3.69. The summed E-state index contributed by atoms with van der Waals surface area (Å²) in [6.45, 7) is 0. The molecule has 14 heavy (non-hydrogen) atoms. The van der Waals surface area contributed by atoms with Gasteiger partial charge in [0.1, 0.15) is 4.60 Å². The maximum atomic E-state index is 13.1. The fourth-order valence-corrected chi connectivity index (χ4v) is 1.16. The van der Waals surface area contributed by atoms with Crippen LogP contribution >= 0.6 is 15.9 Å². The van der Waals surface area contributed by atoms with Gasteiger partial charge in [-0.3, -0.25) is 9.63 Å². The van der Waals surface area contributed by atoms with Gasteiger partial charge in [-0.15, -0.1) is 0 Å².